The van der Waals surface area contributed by atoms with Crippen molar-refractivity contribution in [3.63, 3.8) is 0 Å². The largest absolute Gasteiger partial charge is 0.504 e. The molecule has 2 aromatic carbocycles. The van der Waals surface area contributed by atoms with Crippen LogP contribution in [0.25, 0.3) is 11.0 Å². The molecule has 0 spiro atoms. The van der Waals surface area contributed by atoms with E-state index in [1.165, 1.54) is 0 Å². The van der Waals surface area contributed by atoms with Crippen LogP contribution in [0.1, 0.15) is 42.3 Å². The van der Waals surface area contributed by atoms with Crippen molar-refractivity contribution in [2.45, 2.75) is 33.1 Å². The number of amides is 1. The fourth-order valence-electron chi connectivity index (χ4n) is 2.65. The van der Waals surface area contributed by atoms with Crippen molar-refractivity contribution in [2.75, 3.05) is 0 Å². The molecule has 1 heterocycles. The van der Waals surface area contributed by atoms with Gasteiger partial charge in [0.05, 0.1) is 5.69 Å². The van der Waals surface area contributed by atoms with Crippen LogP contribution in [0.15, 0.2) is 51.9 Å². The Kier molecular flexibility index (Phi) is 4.32. The average Bonchev–Trinajstić information content (AvgIpc) is 2.55. The molecule has 0 saturated heterocycles. The van der Waals surface area contributed by atoms with Gasteiger partial charge in [0.1, 0.15) is 5.56 Å². The van der Waals surface area contributed by atoms with Gasteiger partial charge in [-0.05, 0) is 48.2 Å². The summed E-state index contributed by atoms with van der Waals surface area (Å²) < 4.78 is 5.77. The number of carbonyl (C=O) groups excluding carboxylic acids is 1. The normalized spacial score (nSPS) is 12.5. The Morgan fingerprint density at radius 2 is 1.77 bits per heavy atom. The first-order chi connectivity index (χ1) is 12.1. The zero-order chi connectivity index (χ0) is 19.1. The quantitative estimate of drug-likeness (QED) is 0.730. The highest BCUT2D eigenvalue weighted by Crippen LogP contribution is 2.32. The summed E-state index contributed by atoms with van der Waals surface area (Å²) in [5.74, 6) is -0.633. The van der Waals surface area contributed by atoms with Crippen molar-refractivity contribution >= 4 is 22.6 Å². The van der Waals surface area contributed by atoms with Crippen LogP contribution in [0.4, 0.5) is 5.69 Å². The van der Waals surface area contributed by atoms with E-state index in [1.54, 1.807) is 12.1 Å². The van der Waals surface area contributed by atoms with Crippen LogP contribution in [-0.4, -0.2) is 11.0 Å². The fraction of sp³-hybridized carbons (Fsp3) is 0.238. The lowest BCUT2D eigenvalue weighted by molar-refractivity contribution is 0.0996. The maximum Gasteiger partial charge on any atom is 0.254 e. The van der Waals surface area contributed by atoms with Gasteiger partial charge in [-0.2, -0.15) is 0 Å². The second-order valence-electron chi connectivity index (χ2n) is 7.44. The van der Waals surface area contributed by atoms with E-state index < -0.39 is 5.91 Å². The van der Waals surface area contributed by atoms with E-state index in [2.05, 4.69) is 4.99 Å². The van der Waals surface area contributed by atoms with Crippen LogP contribution in [-0.2, 0) is 5.41 Å². The summed E-state index contributed by atoms with van der Waals surface area (Å²) in [4.78, 5) is 16.3. The number of phenols is 1. The van der Waals surface area contributed by atoms with Gasteiger partial charge in [-0.3, -0.25) is 4.79 Å². The highest BCUT2D eigenvalue weighted by molar-refractivity contribution is 5.96. The molecule has 5 nitrogen and oxygen atoms in total. The number of nitrogens with zero attached hydrogens (tertiary/aromatic N) is 1. The van der Waals surface area contributed by atoms with Crippen LogP contribution < -0.4 is 11.3 Å². The predicted molar refractivity (Wildman–Crippen MR) is 101 cm³/mol. The minimum absolute atomic E-state index is 0.00352. The van der Waals surface area contributed by atoms with E-state index in [0.29, 0.717) is 11.1 Å². The van der Waals surface area contributed by atoms with Crippen molar-refractivity contribution in [1.82, 2.24) is 0 Å². The first-order valence-corrected chi connectivity index (χ1v) is 8.38. The van der Waals surface area contributed by atoms with Crippen molar-refractivity contribution < 1.29 is 14.3 Å². The SMILES string of the molecule is Cc1ccc(N=c2oc3c(O)cc(C(C)(C)C)cc3cc2C(N)=O)cc1. The minimum atomic E-state index is -0.637. The summed E-state index contributed by atoms with van der Waals surface area (Å²) >= 11 is 0. The lowest BCUT2D eigenvalue weighted by atomic mass is 9.86. The molecule has 26 heavy (non-hydrogen) atoms. The van der Waals surface area contributed by atoms with Gasteiger partial charge >= 0.3 is 0 Å². The average molecular weight is 350 g/mol. The van der Waals surface area contributed by atoms with Crippen LogP contribution in [0, 0.1) is 6.92 Å². The second kappa shape index (κ2) is 6.33. The van der Waals surface area contributed by atoms with E-state index in [9.17, 15) is 9.90 Å². The van der Waals surface area contributed by atoms with Gasteiger partial charge in [-0.15, -0.1) is 0 Å². The van der Waals surface area contributed by atoms with Crippen molar-refractivity contribution in [3.8, 4) is 5.75 Å². The van der Waals surface area contributed by atoms with E-state index >= 15 is 0 Å². The number of fused-ring (bicyclic) bond motifs is 1. The molecular weight excluding hydrogens is 328 g/mol. The number of primary amides is 1. The topological polar surface area (TPSA) is 88.8 Å². The molecule has 0 bridgehead atoms. The first-order valence-electron chi connectivity index (χ1n) is 8.38. The molecule has 5 heteroatoms. The predicted octanol–water partition coefficient (Wildman–Crippen LogP) is 4.08. The van der Waals surface area contributed by atoms with Gasteiger partial charge in [0, 0.05) is 5.39 Å². The molecule has 0 unspecified atom stereocenters. The molecule has 1 aromatic heterocycles. The Balaban J connectivity index is 2.30. The third-order valence-corrected chi connectivity index (χ3v) is 4.22. The highest BCUT2D eigenvalue weighted by Gasteiger charge is 2.18. The number of benzene rings is 2. The minimum Gasteiger partial charge on any atom is -0.504 e. The number of carbonyl (C=O) groups is 1. The molecule has 0 radical (unpaired) electrons. The van der Waals surface area contributed by atoms with Crippen LogP contribution in [0.2, 0.25) is 0 Å². The number of hydrogen-bond acceptors (Lipinski definition) is 4. The fourth-order valence-corrected chi connectivity index (χ4v) is 2.65. The van der Waals surface area contributed by atoms with Crippen molar-refractivity contribution in [1.29, 1.82) is 0 Å². The summed E-state index contributed by atoms with van der Waals surface area (Å²) in [5.41, 5.74) is 8.54. The molecule has 0 saturated carbocycles. The summed E-state index contributed by atoms with van der Waals surface area (Å²) in [7, 11) is 0. The molecular formula is C21H22N2O3. The number of rotatable bonds is 2. The van der Waals surface area contributed by atoms with Crippen LogP contribution >= 0.6 is 0 Å². The van der Waals surface area contributed by atoms with E-state index in [1.807, 2.05) is 58.0 Å². The molecule has 0 aliphatic rings. The summed E-state index contributed by atoms with van der Waals surface area (Å²) in [6.07, 6.45) is 0. The van der Waals surface area contributed by atoms with E-state index in [4.69, 9.17) is 10.2 Å². The molecule has 3 rings (SSSR count). The Morgan fingerprint density at radius 1 is 1.12 bits per heavy atom. The van der Waals surface area contributed by atoms with Gasteiger partial charge in [-0.25, -0.2) is 4.99 Å². The van der Waals surface area contributed by atoms with Gasteiger partial charge in [-0.1, -0.05) is 38.5 Å². The number of hydrogen-bond donors (Lipinski definition) is 2. The third kappa shape index (κ3) is 3.47. The second-order valence-corrected chi connectivity index (χ2v) is 7.44. The molecule has 0 aliphatic carbocycles. The van der Waals surface area contributed by atoms with E-state index in [0.717, 1.165) is 11.1 Å². The Hall–Kier alpha value is -3.08. The third-order valence-electron chi connectivity index (χ3n) is 4.22. The number of nitrogens with two attached hydrogens (primary N) is 1. The summed E-state index contributed by atoms with van der Waals surface area (Å²) in [5, 5.41) is 11.0. The maximum atomic E-state index is 11.9. The Morgan fingerprint density at radius 3 is 2.35 bits per heavy atom. The highest BCUT2D eigenvalue weighted by atomic mass is 16.4. The maximum absolute atomic E-state index is 11.9. The molecule has 1 amide bonds. The first kappa shape index (κ1) is 17.7. The lowest BCUT2D eigenvalue weighted by Crippen LogP contribution is -2.22. The molecule has 3 N–H and O–H groups in total. The molecule has 0 fully saturated rings. The van der Waals surface area contributed by atoms with Gasteiger partial charge < -0.3 is 15.3 Å². The Labute approximate surface area is 151 Å². The standard InChI is InChI=1S/C21H22N2O3/c1-12-5-7-15(8-6-12)23-20-16(19(22)25)10-13-9-14(21(2,3)4)11-17(24)18(13)26-20/h5-11,24H,1-4H3,(H2,22,25). The van der Waals surface area contributed by atoms with Gasteiger partial charge in [0.25, 0.3) is 5.91 Å². The smallest absolute Gasteiger partial charge is 0.254 e. The van der Waals surface area contributed by atoms with Crippen molar-refractivity contribution in [2.24, 2.45) is 10.7 Å². The molecule has 0 atom stereocenters. The summed E-state index contributed by atoms with van der Waals surface area (Å²) in [6.45, 7) is 8.10. The monoisotopic (exact) mass is 350 g/mol. The number of aryl methyl sites for hydroxylation is 1. The Bertz CT molecular complexity index is 1060. The van der Waals surface area contributed by atoms with Gasteiger partial charge in [0.15, 0.2) is 11.3 Å². The van der Waals surface area contributed by atoms with Crippen LogP contribution in [0.3, 0.4) is 0 Å². The molecule has 3 aromatic rings. The van der Waals surface area contributed by atoms with Crippen LogP contribution in [0.5, 0.6) is 5.75 Å². The summed E-state index contributed by atoms with van der Waals surface area (Å²) in [6, 6.07) is 12.6. The van der Waals surface area contributed by atoms with Gasteiger partial charge in [0.2, 0.25) is 5.55 Å². The zero-order valence-electron chi connectivity index (χ0n) is 15.3. The van der Waals surface area contributed by atoms with E-state index in [-0.39, 0.29) is 27.9 Å². The molecule has 134 valence electrons. The number of phenolic OH excluding ortho intramolecular Hbond substituents is 1. The van der Waals surface area contributed by atoms with Crippen molar-refractivity contribution in [3.05, 3.63) is 64.7 Å². The molecule has 0 aliphatic heterocycles. The number of aromatic hydroxyl groups is 1. The zero-order valence-corrected chi connectivity index (χ0v) is 15.3. The lowest BCUT2D eigenvalue weighted by Gasteiger charge is -2.19.